The molecule has 2 bridgehead atoms. The zero-order valence-electron chi connectivity index (χ0n) is 36.8. The molecule has 0 saturated heterocycles. The van der Waals surface area contributed by atoms with Gasteiger partial charge in [0.1, 0.15) is 0 Å². The first-order valence-electron chi connectivity index (χ1n) is 21.0. The summed E-state index contributed by atoms with van der Waals surface area (Å²) in [6.07, 6.45) is 0. The van der Waals surface area contributed by atoms with Crippen LogP contribution in [0, 0.1) is 0 Å². The average molecular weight is 749 g/mol. The van der Waals surface area contributed by atoms with E-state index in [1.807, 2.05) is 0 Å². The normalized spacial score (nSPS) is 14.6. The van der Waals surface area contributed by atoms with Crippen LogP contribution in [0.5, 0.6) is 0 Å². The minimum Gasteiger partial charge on any atom is -0.309 e. The van der Waals surface area contributed by atoms with Gasteiger partial charge in [0.2, 0.25) is 0 Å². The third kappa shape index (κ3) is 5.72. The molecule has 0 saturated carbocycles. The molecule has 0 fully saturated rings. The molecule has 0 aliphatic heterocycles. The molecule has 1 aliphatic carbocycles. The van der Waals surface area contributed by atoms with Crippen LogP contribution in [0.1, 0.15) is 130 Å². The van der Waals surface area contributed by atoms with Crippen molar-refractivity contribution < 1.29 is 0 Å². The highest BCUT2D eigenvalue weighted by atomic mass is 15.0. The number of aromatic nitrogens is 2. The Morgan fingerprint density at radius 1 is 0.421 bits per heavy atom. The summed E-state index contributed by atoms with van der Waals surface area (Å²) in [6, 6.07) is 42.9. The van der Waals surface area contributed by atoms with Gasteiger partial charge in [0.25, 0.3) is 0 Å². The second kappa shape index (κ2) is 12.0. The van der Waals surface area contributed by atoms with E-state index >= 15 is 0 Å². The van der Waals surface area contributed by atoms with Crippen LogP contribution in [0.25, 0.3) is 66.1 Å². The van der Waals surface area contributed by atoms with Crippen molar-refractivity contribution in [2.45, 2.75) is 124 Å². The Hall–Kier alpha value is -5.08. The van der Waals surface area contributed by atoms with Crippen molar-refractivity contribution in [2.24, 2.45) is 0 Å². The number of nitrogens with zero attached hydrogens (tertiary/aromatic N) is 2. The van der Waals surface area contributed by atoms with E-state index in [1.165, 1.54) is 99.5 Å². The van der Waals surface area contributed by atoms with E-state index in [0.29, 0.717) is 0 Å². The quantitative estimate of drug-likeness (QED) is 0.167. The fraction of sp³-hybridized carbons (Fsp3) is 0.345. The predicted molar refractivity (Wildman–Crippen MR) is 247 cm³/mol. The van der Waals surface area contributed by atoms with Gasteiger partial charge in [-0.15, -0.1) is 0 Å². The first-order valence-corrected chi connectivity index (χ1v) is 21.0. The van der Waals surface area contributed by atoms with Gasteiger partial charge < -0.3 is 9.13 Å². The molecule has 2 heteroatoms. The summed E-state index contributed by atoms with van der Waals surface area (Å²) in [4.78, 5) is 0. The van der Waals surface area contributed by atoms with Crippen LogP contribution in [0.4, 0.5) is 0 Å². The molecule has 0 atom stereocenters. The molecule has 0 spiro atoms. The van der Waals surface area contributed by atoms with Crippen LogP contribution in [0.2, 0.25) is 0 Å². The Bertz CT molecular complexity index is 2840. The largest absolute Gasteiger partial charge is 0.309 e. The van der Waals surface area contributed by atoms with Crippen LogP contribution in [-0.2, 0) is 27.1 Å². The second-order valence-corrected chi connectivity index (χ2v) is 21.7. The summed E-state index contributed by atoms with van der Waals surface area (Å²) in [5, 5.41) is 5.32. The molecule has 0 N–H and O–H groups in total. The van der Waals surface area contributed by atoms with E-state index < -0.39 is 0 Å². The zero-order valence-corrected chi connectivity index (χ0v) is 36.8. The highest BCUT2D eigenvalue weighted by Crippen LogP contribution is 2.51. The molecular formula is C55H60N2. The lowest BCUT2D eigenvalue weighted by atomic mass is 9.73. The van der Waals surface area contributed by atoms with Gasteiger partial charge >= 0.3 is 0 Å². The molecule has 2 heterocycles. The Morgan fingerprint density at radius 2 is 0.930 bits per heavy atom. The van der Waals surface area contributed by atoms with E-state index in [2.05, 4.69) is 215 Å². The van der Waals surface area contributed by atoms with Gasteiger partial charge in [-0.1, -0.05) is 152 Å². The molecule has 8 aromatic rings. The second-order valence-electron chi connectivity index (χ2n) is 21.7. The van der Waals surface area contributed by atoms with Gasteiger partial charge in [-0.2, -0.15) is 0 Å². The van der Waals surface area contributed by atoms with Crippen molar-refractivity contribution in [1.82, 2.24) is 9.13 Å². The zero-order chi connectivity index (χ0) is 40.8. The third-order valence-corrected chi connectivity index (χ3v) is 13.1. The molecule has 6 aromatic carbocycles. The highest BCUT2D eigenvalue weighted by Gasteiger charge is 2.35. The first-order chi connectivity index (χ1) is 26.5. The van der Waals surface area contributed by atoms with Gasteiger partial charge in [0, 0.05) is 32.6 Å². The third-order valence-electron chi connectivity index (χ3n) is 13.1. The lowest BCUT2D eigenvalue weighted by Crippen LogP contribution is -2.23. The predicted octanol–water partition coefficient (Wildman–Crippen LogP) is 15.4. The summed E-state index contributed by atoms with van der Waals surface area (Å²) >= 11 is 0. The Kier molecular flexibility index (Phi) is 7.88. The van der Waals surface area contributed by atoms with Crippen LogP contribution >= 0.6 is 0 Å². The summed E-state index contributed by atoms with van der Waals surface area (Å²) in [5.41, 5.74) is 18.0. The number of hydrogen-bond donors (Lipinski definition) is 0. The molecule has 0 radical (unpaired) electrons. The Morgan fingerprint density at radius 3 is 1.47 bits per heavy atom. The van der Waals surface area contributed by atoms with E-state index in [4.69, 9.17) is 0 Å². The van der Waals surface area contributed by atoms with Crippen molar-refractivity contribution in [3.8, 4) is 22.5 Å². The van der Waals surface area contributed by atoms with E-state index in [0.717, 1.165) is 0 Å². The van der Waals surface area contributed by atoms with Crippen molar-refractivity contribution in [2.75, 3.05) is 0 Å². The van der Waals surface area contributed by atoms with Crippen LogP contribution < -0.4 is 0 Å². The maximum atomic E-state index is 2.59. The average Bonchev–Trinajstić information content (AvgIpc) is 3.64. The van der Waals surface area contributed by atoms with Gasteiger partial charge in [-0.25, -0.2) is 0 Å². The van der Waals surface area contributed by atoms with Crippen LogP contribution in [0.3, 0.4) is 0 Å². The highest BCUT2D eigenvalue weighted by molar-refractivity contribution is 6.19. The minimum absolute atomic E-state index is 0.00142. The molecule has 0 amide bonds. The number of benzene rings is 6. The summed E-state index contributed by atoms with van der Waals surface area (Å²) in [6.45, 7) is 32.9. The molecule has 57 heavy (non-hydrogen) atoms. The van der Waals surface area contributed by atoms with Crippen LogP contribution in [0.15, 0.2) is 109 Å². The number of hydrogen-bond acceptors (Lipinski definition) is 0. The topological polar surface area (TPSA) is 9.86 Å². The monoisotopic (exact) mass is 748 g/mol. The summed E-state index contributed by atoms with van der Waals surface area (Å²) < 4.78 is 5.17. The van der Waals surface area contributed by atoms with Crippen molar-refractivity contribution in [3.63, 3.8) is 0 Å². The lowest BCUT2D eigenvalue weighted by molar-refractivity contribution is 0.568. The van der Waals surface area contributed by atoms with E-state index in [9.17, 15) is 0 Å². The van der Waals surface area contributed by atoms with Crippen LogP contribution in [-0.4, -0.2) is 9.13 Å². The lowest BCUT2D eigenvalue weighted by Gasteiger charge is -2.32. The fourth-order valence-corrected chi connectivity index (χ4v) is 9.52. The molecule has 0 unspecified atom stereocenters. The SMILES string of the molecule is CC(C)(C)c1cc(-n2c3cccc4c3c3c(c(-n5c6ccc(C(C)(C)C)cc6c6cc(C(C)(C)C)ccc65)ccc32)C(C)(C)c2cccc-4c2)cc(C(C)(C)C)c1. The van der Waals surface area contributed by atoms with Gasteiger partial charge in [-0.05, 0) is 121 Å². The van der Waals surface area contributed by atoms with Crippen molar-refractivity contribution in [3.05, 3.63) is 143 Å². The van der Waals surface area contributed by atoms with Crippen molar-refractivity contribution in [1.29, 1.82) is 0 Å². The Balaban J connectivity index is 1.48. The Labute approximate surface area is 340 Å². The summed E-state index contributed by atoms with van der Waals surface area (Å²) in [7, 11) is 0. The fourth-order valence-electron chi connectivity index (χ4n) is 9.52. The summed E-state index contributed by atoms with van der Waals surface area (Å²) in [5.74, 6) is 0. The number of rotatable bonds is 2. The standard InChI is InChI=1S/C55H60N2/c1-51(2,3)34-21-23-43-41(31-34)42-32-35(52(4,5)6)22-24-44(42)57(43)47-26-25-46-49-48-40(33-17-15-18-36(27-33)55(13,14)50(47)49)19-16-20-45(48)56(46)39-29-37(53(7,8)9)28-38(30-39)54(10,11)12/h15-32H,1-14H3. The smallest absolute Gasteiger partial charge is 0.0547 e. The molecule has 1 aliphatic rings. The molecule has 2 nitrogen and oxygen atoms in total. The van der Waals surface area contributed by atoms with Gasteiger partial charge in [-0.3, -0.25) is 0 Å². The molecule has 2 aromatic heterocycles. The number of fused-ring (bicyclic) bond motifs is 6. The molecular weight excluding hydrogens is 689 g/mol. The maximum absolute atomic E-state index is 2.59. The molecule has 9 rings (SSSR count). The first kappa shape index (κ1) is 37.5. The maximum Gasteiger partial charge on any atom is 0.0547 e. The van der Waals surface area contributed by atoms with Crippen molar-refractivity contribution >= 4 is 43.6 Å². The van der Waals surface area contributed by atoms with Gasteiger partial charge in [0.15, 0.2) is 0 Å². The van der Waals surface area contributed by atoms with E-state index in [1.54, 1.807) is 0 Å². The minimum atomic E-state index is -0.319. The van der Waals surface area contributed by atoms with Gasteiger partial charge in [0.05, 0.1) is 27.8 Å². The van der Waals surface area contributed by atoms with E-state index in [-0.39, 0.29) is 27.1 Å². The molecule has 290 valence electrons.